The third-order valence-corrected chi connectivity index (χ3v) is 4.80. The van der Waals surface area contributed by atoms with Gasteiger partial charge in [-0.2, -0.15) is 0 Å². The predicted octanol–water partition coefficient (Wildman–Crippen LogP) is 5.38. The molecule has 1 saturated carbocycles. The lowest BCUT2D eigenvalue weighted by molar-refractivity contribution is 0.0988. The molecule has 0 N–H and O–H groups in total. The van der Waals surface area contributed by atoms with Crippen molar-refractivity contribution in [2.24, 2.45) is 35.5 Å². The third-order valence-electron chi connectivity index (χ3n) is 4.80. The molecule has 0 heteroatoms. The molecule has 96 valence electrons. The summed E-state index contributed by atoms with van der Waals surface area (Å²) in [4.78, 5) is 0. The molecule has 1 aliphatic rings. The average molecular weight is 224 g/mol. The van der Waals surface area contributed by atoms with Crippen molar-refractivity contribution in [1.82, 2.24) is 0 Å². The highest BCUT2D eigenvalue weighted by atomic mass is 14.4. The van der Waals surface area contributed by atoms with Gasteiger partial charge < -0.3 is 0 Å². The first-order chi connectivity index (χ1) is 7.45. The molecule has 0 heterocycles. The molecule has 1 rings (SSSR count). The molecular formula is C16H32. The lowest BCUT2D eigenvalue weighted by Gasteiger charge is -2.39. The van der Waals surface area contributed by atoms with Gasteiger partial charge in [0.15, 0.2) is 0 Å². The Morgan fingerprint density at radius 2 is 1.00 bits per heavy atom. The Labute approximate surface area is 103 Å². The summed E-state index contributed by atoms with van der Waals surface area (Å²) < 4.78 is 0. The topological polar surface area (TPSA) is 0 Å². The molecule has 0 aromatic rings. The van der Waals surface area contributed by atoms with E-state index in [1.54, 1.807) is 0 Å². The minimum absolute atomic E-state index is 0.859. The minimum atomic E-state index is 0.859. The first-order valence-corrected chi connectivity index (χ1v) is 7.45. The van der Waals surface area contributed by atoms with Crippen LogP contribution in [0.2, 0.25) is 0 Å². The first-order valence-electron chi connectivity index (χ1n) is 7.45. The first kappa shape index (κ1) is 14.1. The Balaban J connectivity index is 2.89. The number of hydrogen-bond donors (Lipinski definition) is 0. The largest absolute Gasteiger partial charge is 0.0625 e. The van der Waals surface area contributed by atoms with E-state index in [1.165, 1.54) is 25.7 Å². The van der Waals surface area contributed by atoms with E-state index in [0.717, 1.165) is 35.5 Å². The predicted molar refractivity (Wildman–Crippen MR) is 73.5 cm³/mol. The van der Waals surface area contributed by atoms with Gasteiger partial charge in [0, 0.05) is 0 Å². The van der Waals surface area contributed by atoms with E-state index < -0.39 is 0 Å². The number of hydrogen-bond acceptors (Lipinski definition) is 0. The van der Waals surface area contributed by atoms with Crippen molar-refractivity contribution < 1.29 is 0 Å². The second-order valence-electron chi connectivity index (χ2n) is 6.92. The van der Waals surface area contributed by atoms with Crippen molar-refractivity contribution in [3.05, 3.63) is 0 Å². The molecule has 0 aromatic carbocycles. The van der Waals surface area contributed by atoms with E-state index in [1.807, 2.05) is 0 Å². The second-order valence-corrected chi connectivity index (χ2v) is 6.92. The molecule has 0 bridgehead atoms. The zero-order valence-corrected chi connectivity index (χ0v) is 12.3. The van der Waals surface area contributed by atoms with Crippen LogP contribution in [0.25, 0.3) is 0 Å². The van der Waals surface area contributed by atoms with Crippen molar-refractivity contribution in [3.8, 4) is 0 Å². The molecule has 2 atom stereocenters. The fourth-order valence-corrected chi connectivity index (χ4v) is 4.01. The maximum Gasteiger partial charge on any atom is -0.0329 e. The van der Waals surface area contributed by atoms with Crippen molar-refractivity contribution >= 4 is 0 Å². The van der Waals surface area contributed by atoms with Crippen LogP contribution in [0.4, 0.5) is 0 Å². The Kier molecular flexibility index (Phi) is 5.34. The highest BCUT2D eigenvalue weighted by molar-refractivity contribution is 4.85. The average Bonchev–Trinajstić information content (AvgIpc) is 2.38. The summed E-state index contributed by atoms with van der Waals surface area (Å²) in [7, 11) is 0. The molecule has 0 aromatic heterocycles. The zero-order valence-electron chi connectivity index (χ0n) is 12.3. The lowest BCUT2D eigenvalue weighted by atomic mass is 9.66. The fraction of sp³-hybridized carbons (Fsp3) is 1.00. The van der Waals surface area contributed by atoms with Gasteiger partial charge >= 0.3 is 0 Å². The molecule has 0 nitrogen and oxygen atoms in total. The van der Waals surface area contributed by atoms with Crippen LogP contribution in [-0.4, -0.2) is 0 Å². The van der Waals surface area contributed by atoms with Crippen LogP contribution in [0.5, 0.6) is 0 Å². The van der Waals surface area contributed by atoms with Crippen LogP contribution in [0.15, 0.2) is 0 Å². The number of rotatable bonds is 3. The Bertz CT molecular complexity index is 172. The van der Waals surface area contributed by atoms with E-state index >= 15 is 0 Å². The molecule has 0 amide bonds. The quantitative estimate of drug-likeness (QED) is 0.565. The van der Waals surface area contributed by atoms with Crippen LogP contribution < -0.4 is 0 Å². The summed E-state index contributed by atoms with van der Waals surface area (Å²) in [5, 5.41) is 0. The van der Waals surface area contributed by atoms with Crippen molar-refractivity contribution in [1.29, 1.82) is 0 Å². The van der Waals surface area contributed by atoms with Crippen molar-refractivity contribution in [2.75, 3.05) is 0 Å². The third kappa shape index (κ3) is 3.25. The maximum absolute atomic E-state index is 2.45. The molecule has 0 radical (unpaired) electrons. The van der Waals surface area contributed by atoms with Gasteiger partial charge in [0.2, 0.25) is 0 Å². The summed E-state index contributed by atoms with van der Waals surface area (Å²) in [6, 6.07) is 0. The van der Waals surface area contributed by atoms with Crippen LogP contribution in [0, 0.1) is 35.5 Å². The highest BCUT2D eigenvalue weighted by Crippen LogP contribution is 2.44. The molecule has 2 unspecified atom stereocenters. The van der Waals surface area contributed by atoms with Gasteiger partial charge in [0.05, 0.1) is 0 Å². The summed E-state index contributed by atoms with van der Waals surface area (Å²) in [5.41, 5.74) is 0. The fourth-order valence-electron chi connectivity index (χ4n) is 4.01. The Morgan fingerprint density at radius 3 is 1.25 bits per heavy atom. The minimum Gasteiger partial charge on any atom is -0.0625 e. The molecule has 0 aliphatic heterocycles. The SMILES string of the molecule is CC(C)C1CCCCC(C(C)C)C1C(C)C. The summed E-state index contributed by atoms with van der Waals surface area (Å²) in [6.45, 7) is 14.6. The van der Waals surface area contributed by atoms with Crippen LogP contribution in [0.3, 0.4) is 0 Å². The molecule has 0 spiro atoms. The highest BCUT2D eigenvalue weighted by Gasteiger charge is 2.36. The van der Waals surface area contributed by atoms with Gasteiger partial charge in [-0.15, -0.1) is 0 Å². The molecule has 0 saturated heterocycles. The maximum atomic E-state index is 2.45. The van der Waals surface area contributed by atoms with E-state index in [0.29, 0.717) is 0 Å². The van der Waals surface area contributed by atoms with E-state index in [4.69, 9.17) is 0 Å². The second kappa shape index (κ2) is 6.07. The van der Waals surface area contributed by atoms with Crippen molar-refractivity contribution in [3.63, 3.8) is 0 Å². The van der Waals surface area contributed by atoms with Gasteiger partial charge in [0.1, 0.15) is 0 Å². The van der Waals surface area contributed by atoms with Gasteiger partial charge in [0.25, 0.3) is 0 Å². The van der Waals surface area contributed by atoms with Gasteiger partial charge in [-0.3, -0.25) is 0 Å². The summed E-state index contributed by atoms with van der Waals surface area (Å²) >= 11 is 0. The molecule has 1 fully saturated rings. The van der Waals surface area contributed by atoms with E-state index in [-0.39, 0.29) is 0 Å². The van der Waals surface area contributed by atoms with Gasteiger partial charge in [-0.05, 0) is 48.3 Å². The van der Waals surface area contributed by atoms with Crippen LogP contribution in [0.1, 0.15) is 67.2 Å². The van der Waals surface area contributed by atoms with Crippen LogP contribution in [-0.2, 0) is 0 Å². The Morgan fingerprint density at radius 1 is 0.625 bits per heavy atom. The van der Waals surface area contributed by atoms with E-state index in [2.05, 4.69) is 41.5 Å². The lowest BCUT2D eigenvalue weighted by Crippen LogP contribution is -2.32. The molecule has 16 heavy (non-hydrogen) atoms. The summed E-state index contributed by atoms with van der Waals surface area (Å²) in [5.74, 6) is 5.49. The van der Waals surface area contributed by atoms with Gasteiger partial charge in [-0.1, -0.05) is 54.4 Å². The van der Waals surface area contributed by atoms with Crippen LogP contribution >= 0.6 is 0 Å². The zero-order chi connectivity index (χ0) is 12.3. The van der Waals surface area contributed by atoms with Crippen molar-refractivity contribution in [2.45, 2.75) is 67.2 Å². The summed E-state index contributed by atoms with van der Waals surface area (Å²) in [6.07, 6.45) is 5.89. The standard InChI is InChI=1S/C16H32/c1-11(2)14-9-7-8-10-15(12(3)4)16(14)13(5)6/h11-16H,7-10H2,1-6H3. The normalized spacial score (nSPS) is 32.4. The Hall–Kier alpha value is 0. The van der Waals surface area contributed by atoms with Gasteiger partial charge in [-0.25, -0.2) is 0 Å². The smallest absolute Gasteiger partial charge is 0.0329 e. The molecular weight excluding hydrogens is 192 g/mol. The van der Waals surface area contributed by atoms with E-state index in [9.17, 15) is 0 Å². The monoisotopic (exact) mass is 224 g/mol. The molecule has 1 aliphatic carbocycles.